The fourth-order valence-corrected chi connectivity index (χ4v) is 1.61. The maximum atomic E-state index is 11.8. The van der Waals surface area contributed by atoms with Crippen molar-refractivity contribution in [3.8, 4) is 0 Å². The number of carbonyl (C=O) groups is 1. The van der Waals surface area contributed by atoms with E-state index in [2.05, 4.69) is 20.8 Å². The van der Waals surface area contributed by atoms with Crippen LogP contribution in [0.2, 0.25) is 0 Å². The standard InChI is InChI=1S/C12H15N5O/c1-2-8-17-12(14-15-16-17)13-11(18)9-10-6-4-3-5-7-10/h3-7H,2,8-9H2,1H3,(H,13,14,16,18). The van der Waals surface area contributed by atoms with Crippen LogP contribution < -0.4 is 5.32 Å². The van der Waals surface area contributed by atoms with Gasteiger partial charge in [-0.3, -0.25) is 10.1 Å². The highest BCUT2D eigenvalue weighted by Crippen LogP contribution is 2.04. The van der Waals surface area contributed by atoms with Crippen LogP contribution in [0.3, 0.4) is 0 Å². The summed E-state index contributed by atoms with van der Waals surface area (Å²) in [5, 5.41) is 13.9. The number of rotatable bonds is 5. The van der Waals surface area contributed by atoms with Gasteiger partial charge in [-0.05, 0) is 22.4 Å². The van der Waals surface area contributed by atoms with Crippen LogP contribution in [0, 0.1) is 0 Å². The molecule has 1 amide bonds. The largest absolute Gasteiger partial charge is 0.293 e. The summed E-state index contributed by atoms with van der Waals surface area (Å²) in [5.41, 5.74) is 0.963. The molecule has 0 unspecified atom stereocenters. The van der Waals surface area contributed by atoms with Gasteiger partial charge >= 0.3 is 0 Å². The zero-order valence-corrected chi connectivity index (χ0v) is 10.2. The lowest BCUT2D eigenvalue weighted by atomic mass is 10.1. The molecule has 2 rings (SSSR count). The van der Waals surface area contributed by atoms with Crippen LogP contribution in [-0.2, 0) is 17.8 Å². The van der Waals surface area contributed by atoms with Crippen LogP contribution in [0.5, 0.6) is 0 Å². The number of tetrazole rings is 1. The van der Waals surface area contributed by atoms with Gasteiger partial charge in [-0.15, -0.1) is 0 Å². The van der Waals surface area contributed by atoms with Crippen molar-refractivity contribution in [3.05, 3.63) is 35.9 Å². The first-order valence-electron chi connectivity index (χ1n) is 5.89. The predicted molar refractivity (Wildman–Crippen MR) is 66.9 cm³/mol. The van der Waals surface area contributed by atoms with E-state index in [-0.39, 0.29) is 5.91 Å². The number of aromatic nitrogens is 4. The van der Waals surface area contributed by atoms with E-state index in [0.717, 1.165) is 12.0 Å². The van der Waals surface area contributed by atoms with E-state index in [4.69, 9.17) is 0 Å². The number of hydrogen-bond acceptors (Lipinski definition) is 4. The third kappa shape index (κ3) is 3.13. The smallest absolute Gasteiger partial charge is 0.249 e. The lowest BCUT2D eigenvalue weighted by Gasteiger charge is -2.05. The average Bonchev–Trinajstić information content (AvgIpc) is 2.78. The maximum Gasteiger partial charge on any atom is 0.249 e. The SMILES string of the molecule is CCCn1nnnc1NC(=O)Cc1ccccc1. The van der Waals surface area contributed by atoms with E-state index < -0.39 is 0 Å². The molecule has 0 aliphatic heterocycles. The van der Waals surface area contributed by atoms with E-state index in [9.17, 15) is 4.79 Å². The Morgan fingerprint density at radius 2 is 2.11 bits per heavy atom. The summed E-state index contributed by atoms with van der Waals surface area (Å²) >= 11 is 0. The van der Waals surface area contributed by atoms with Gasteiger partial charge in [-0.25, -0.2) is 4.68 Å². The summed E-state index contributed by atoms with van der Waals surface area (Å²) < 4.78 is 1.59. The fourth-order valence-electron chi connectivity index (χ4n) is 1.61. The van der Waals surface area contributed by atoms with Gasteiger partial charge in [0, 0.05) is 6.54 Å². The van der Waals surface area contributed by atoms with Crippen molar-refractivity contribution in [1.29, 1.82) is 0 Å². The van der Waals surface area contributed by atoms with E-state index in [1.54, 1.807) is 4.68 Å². The Kier molecular flexibility index (Phi) is 4.01. The Morgan fingerprint density at radius 1 is 1.33 bits per heavy atom. The van der Waals surface area contributed by atoms with Gasteiger partial charge < -0.3 is 0 Å². The van der Waals surface area contributed by atoms with Crippen LogP contribution in [-0.4, -0.2) is 26.1 Å². The molecule has 6 nitrogen and oxygen atoms in total. The highest BCUT2D eigenvalue weighted by Gasteiger charge is 2.09. The highest BCUT2D eigenvalue weighted by atomic mass is 16.1. The molecule has 0 atom stereocenters. The second-order valence-electron chi connectivity index (χ2n) is 3.94. The number of nitrogens with zero attached hydrogens (tertiary/aromatic N) is 4. The molecule has 1 aromatic heterocycles. The first kappa shape index (κ1) is 12.2. The third-order valence-electron chi connectivity index (χ3n) is 2.43. The Bertz CT molecular complexity index is 508. The van der Waals surface area contributed by atoms with Gasteiger partial charge in [0.1, 0.15) is 0 Å². The number of nitrogens with one attached hydrogen (secondary N) is 1. The van der Waals surface area contributed by atoms with Gasteiger partial charge in [-0.2, -0.15) is 0 Å². The molecule has 1 heterocycles. The van der Waals surface area contributed by atoms with E-state index in [1.165, 1.54) is 0 Å². The van der Waals surface area contributed by atoms with E-state index in [0.29, 0.717) is 18.9 Å². The second kappa shape index (κ2) is 5.90. The monoisotopic (exact) mass is 245 g/mol. The van der Waals surface area contributed by atoms with Crippen LogP contribution in [0.1, 0.15) is 18.9 Å². The molecule has 1 N–H and O–H groups in total. The Morgan fingerprint density at radius 3 is 2.83 bits per heavy atom. The fraction of sp³-hybridized carbons (Fsp3) is 0.333. The van der Waals surface area contributed by atoms with Crippen molar-refractivity contribution in [2.45, 2.75) is 26.3 Å². The molecule has 0 radical (unpaired) electrons. The van der Waals surface area contributed by atoms with Gasteiger partial charge in [0.15, 0.2) is 0 Å². The molecule has 0 spiro atoms. The first-order chi connectivity index (χ1) is 8.79. The summed E-state index contributed by atoms with van der Waals surface area (Å²) in [7, 11) is 0. The molecule has 0 aliphatic carbocycles. The molecule has 0 saturated heterocycles. The number of anilines is 1. The summed E-state index contributed by atoms with van der Waals surface area (Å²) in [5.74, 6) is 0.283. The van der Waals surface area contributed by atoms with Crippen molar-refractivity contribution in [3.63, 3.8) is 0 Å². The van der Waals surface area contributed by atoms with Gasteiger partial charge in [0.25, 0.3) is 0 Å². The molecule has 2 aromatic rings. The van der Waals surface area contributed by atoms with E-state index >= 15 is 0 Å². The third-order valence-corrected chi connectivity index (χ3v) is 2.43. The molecule has 0 bridgehead atoms. The molecule has 0 fully saturated rings. The first-order valence-corrected chi connectivity index (χ1v) is 5.89. The molecule has 6 heteroatoms. The zero-order valence-electron chi connectivity index (χ0n) is 10.2. The van der Waals surface area contributed by atoms with Gasteiger partial charge in [0.2, 0.25) is 11.9 Å². The molecule has 0 saturated carbocycles. The number of benzene rings is 1. The van der Waals surface area contributed by atoms with E-state index in [1.807, 2.05) is 37.3 Å². The normalized spacial score (nSPS) is 10.3. The minimum absolute atomic E-state index is 0.117. The average molecular weight is 245 g/mol. The summed E-state index contributed by atoms with van der Waals surface area (Å²) in [6.45, 7) is 2.71. The van der Waals surface area contributed by atoms with Crippen molar-refractivity contribution < 1.29 is 4.79 Å². The molecule has 94 valence electrons. The molecular weight excluding hydrogens is 230 g/mol. The minimum Gasteiger partial charge on any atom is -0.293 e. The van der Waals surface area contributed by atoms with Crippen LogP contribution in [0.15, 0.2) is 30.3 Å². The van der Waals surface area contributed by atoms with Crippen LogP contribution in [0.25, 0.3) is 0 Å². The topological polar surface area (TPSA) is 72.7 Å². The number of amides is 1. The zero-order chi connectivity index (χ0) is 12.8. The highest BCUT2D eigenvalue weighted by molar-refractivity contribution is 5.90. The van der Waals surface area contributed by atoms with Gasteiger partial charge in [-0.1, -0.05) is 42.4 Å². The molecular formula is C12H15N5O. The Labute approximate surface area is 105 Å². The summed E-state index contributed by atoms with van der Waals surface area (Å²) in [4.78, 5) is 11.8. The lowest BCUT2D eigenvalue weighted by Crippen LogP contribution is -2.18. The molecule has 18 heavy (non-hydrogen) atoms. The Hall–Kier alpha value is -2.24. The van der Waals surface area contributed by atoms with Crippen molar-refractivity contribution in [1.82, 2.24) is 20.2 Å². The second-order valence-corrected chi connectivity index (χ2v) is 3.94. The minimum atomic E-state index is -0.117. The van der Waals surface area contributed by atoms with Crippen LogP contribution >= 0.6 is 0 Å². The van der Waals surface area contributed by atoms with Crippen molar-refractivity contribution in [2.75, 3.05) is 5.32 Å². The predicted octanol–water partition coefficient (Wildman–Crippen LogP) is 1.26. The summed E-state index contributed by atoms with van der Waals surface area (Å²) in [6, 6.07) is 9.56. The van der Waals surface area contributed by atoms with Crippen molar-refractivity contribution in [2.24, 2.45) is 0 Å². The number of hydrogen-bond donors (Lipinski definition) is 1. The van der Waals surface area contributed by atoms with Crippen LogP contribution in [0.4, 0.5) is 5.95 Å². The van der Waals surface area contributed by atoms with Crippen molar-refractivity contribution >= 4 is 11.9 Å². The summed E-state index contributed by atoms with van der Waals surface area (Å²) in [6.07, 6.45) is 1.23. The maximum absolute atomic E-state index is 11.8. The number of aryl methyl sites for hydroxylation is 1. The van der Waals surface area contributed by atoms with Gasteiger partial charge in [0.05, 0.1) is 6.42 Å². The lowest BCUT2D eigenvalue weighted by molar-refractivity contribution is -0.115. The molecule has 1 aromatic carbocycles. The number of carbonyl (C=O) groups excluding carboxylic acids is 1. The quantitative estimate of drug-likeness (QED) is 0.860. The Balaban J connectivity index is 1.97. The molecule has 0 aliphatic rings.